The standard InChI is InChI=1S/C28H24Cl2N6O/c1-35(17-20-7-11-23(30)12-8-20)27-26-31-13-14-36(26)18-25(34-27)21-3-2-4-24(15-21)33-28(37)32-16-19-5-9-22(29)10-6-19/h2-15,18H,16-17H2,1H3,(H2,32,33,37). The minimum atomic E-state index is -0.298. The summed E-state index contributed by atoms with van der Waals surface area (Å²) in [5.74, 6) is 0.747. The zero-order valence-electron chi connectivity index (χ0n) is 20.0. The van der Waals surface area contributed by atoms with Crippen molar-refractivity contribution < 1.29 is 4.79 Å². The van der Waals surface area contributed by atoms with E-state index in [0.717, 1.165) is 33.8 Å². The molecule has 37 heavy (non-hydrogen) atoms. The summed E-state index contributed by atoms with van der Waals surface area (Å²) in [4.78, 5) is 24.0. The molecule has 0 saturated heterocycles. The van der Waals surface area contributed by atoms with Gasteiger partial charge in [-0.25, -0.2) is 14.8 Å². The second kappa shape index (κ2) is 10.9. The van der Waals surface area contributed by atoms with E-state index in [0.29, 0.717) is 28.8 Å². The van der Waals surface area contributed by atoms with Crippen LogP contribution < -0.4 is 15.5 Å². The van der Waals surface area contributed by atoms with E-state index in [1.807, 2.05) is 84.5 Å². The molecule has 0 aliphatic carbocycles. The smallest absolute Gasteiger partial charge is 0.319 e. The first kappa shape index (κ1) is 24.6. The number of nitrogens with one attached hydrogen (secondary N) is 2. The van der Waals surface area contributed by atoms with Crippen molar-refractivity contribution in [3.05, 3.63) is 113 Å². The number of anilines is 2. The molecule has 7 nitrogen and oxygen atoms in total. The van der Waals surface area contributed by atoms with Crippen LogP contribution in [0.3, 0.4) is 0 Å². The highest BCUT2D eigenvalue weighted by molar-refractivity contribution is 6.30. The number of nitrogens with zero attached hydrogens (tertiary/aromatic N) is 4. The highest BCUT2D eigenvalue weighted by Gasteiger charge is 2.14. The Morgan fingerprint density at radius 2 is 1.68 bits per heavy atom. The van der Waals surface area contributed by atoms with Gasteiger partial charge in [0.15, 0.2) is 11.5 Å². The zero-order chi connectivity index (χ0) is 25.8. The minimum absolute atomic E-state index is 0.298. The van der Waals surface area contributed by atoms with Gasteiger partial charge in [0, 0.05) is 60.0 Å². The van der Waals surface area contributed by atoms with Crippen LogP contribution in [0.2, 0.25) is 10.0 Å². The van der Waals surface area contributed by atoms with E-state index in [1.54, 1.807) is 18.3 Å². The lowest BCUT2D eigenvalue weighted by Gasteiger charge is -2.20. The van der Waals surface area contributed by atoms with Crippen LogP contribution in [0, 0.1) is 0 Å². The van der Waals surface area contributed by atoms with Crippen LogP contribution in [-0.2, 0) is 13.1 Å². The normalized spacial score (nSPS) is 10.9. The lowest BCUT2D eigenvalue weighted by Crippen LogP contribution is -2.28. The van der Waals surface area contributed by atoms with Crippen LogP contribution in [0.15, 0.2) is 91.4 Å². The molecule has 5 rings (SSSR count). The minimum Gasteiger partial charge on any atom is -0.352 e. The molecule has 2 amide bonds. The van der Waals surface area contributed by atoms with Crippen LogP contribution in [0.1, 0.15) is 11.1 Å². The van der Waals surface area contributed by atoms with Crippen LogP contribution >= 0.6 is 23.2 Å². The van der Waals surface area contributed by atoms with Crippen LogP contribution in [0.4, 0.5) is 16.3 Å². The van der Waals surface area contributed by atoms with E-state index in [4.69, 9.17) is 28.2 Å². The Labute approximate surface area is 224 Å². The van der Waals surface area contributed by atoms with E-state index in [2.05, 4.69) is 20.5 Å². The fourth-order valence-corrected chi connectivity index (χ4v) is 4.22. The Morgan fingerprint density at radius 3 is 2.41 bits per heavy atom. The highest BCUT2D eigenvalue weighted by Crippen LogP contribution is 2.27. The van der Waals surface area contributed by atoms with Crippen LogP contribution in [0.25, 0.3) is 16.9 Å². The summed E-state index contributed by atoms with van der Waals surface area (Å²) in [7, 11) is 1.98. The van der Waals surface area contributed by atoms with Gasteiger partial charge >= 0.3 is 6.03 Å². The molecule has 0 radical (unpaired) electrons. The average Bonchev–Trinajstić information content (AvgIpc) is 3.38. The summed E-state index contributed by atoms with van der Waals surface area (Å²) >= 11 is 12.0. The van der Waals surface area contributed by atoms with Crippen molar-refractivity contribution in [1.29, 1.82) is 0 Å². The Bertz CT molecular complexity index is 1530. The maximum atomic E-state index is 12.5. The third kappa shape index (κ3) is 6.02. The molecular weight excluding hydrogens is 507 g/mol. The SMILES string of the molecule is CN(Cc1ccc(Cl)cc1)c1nc(-c2cccc(NC(=O)NCc3ccc(Cl)cc3)c2)cn2ccnc12. The van der Waals surface area contributed by atoms with Crippen LogP contribution in [0.5, 0.6) is 0 Å². The maximum absolute atomic E-state index is 12.5. The number of urea groups is 1. The molecular formula is C28H24Cl2N6O. The number of hydrogen-bond acceptors (Lipinski definition) is 4. The molecule has 0 saturated carbocycles. The van der Waals surface area contributed by atoms with E-state index < -0.39 is 0 Å². The van der Waals surface area contributed by atoms with Crippen molar-refractivity contribution >= 4 is 46.4 Å². The van der Waals surface area contributed by atoms with Gasteiger partial charge in [0.05, 0.1) is 5.69 Å². The van der Waals surface area contributed by atoms with Gasteiger partial charge in [-0.05, 0) is 47.5 Å². The molecule has 2 aromatic heterocycles. The monoisotopic (exact) mass is 530 g/mol. The molecule has 2 heterocycles. The molecule has 0 atom stereocenters. The Balaban J connectivity index is 1.34. The van der Waals surface area contributed by atoms with Crippen molar-refractivity contribution in [1.82, 2.24) is 19.7 Å². The van der Waals surface area contributed by atoms with E-state index in [-0.39, 0.29) is 6.03 Å². The quantitative estimate of drug-likeness (QED) is 0.246. The number of carbonyl (C=O) groups excluding carboxylic acids is 1. The lowest BCUT2D eigenvalue weighted by molar-refractivity contribution is 0.251. The van der Waals surface area contributed by atoms with Gasteiger partial charge in [0.25, 0.3) is 0 Å². The van der Waals surface area contributed by atoms with Crippen molar-refractivity contribution in [2.24, 2.45) is 0 Å². The Hall–Kier alpha value is -4.07. The molecule has 0 fully saturated rings. The Morgan fingerprint density at radius 1 is 0.973 bits per heavy atom. The molecule has 0 spiro atoms. The van der Waals surface area contributed by atoms with Gasteiger partial charge in [-0.3, -0.25) is 0 Å². The molecule has 0 unspecified atom stereocenters. The van der Waals surface area contributed by atoms with Crippen molar-refractivity contribution in [3.8, 4) is 11.3 Å². The number of aromatic nitrogens is 3. The van der Waals surface area contributed by atoms with Crippen molar-refractivity contribution in [2.75, 3.05) is 17.3 Å². The third-order valence-electron chi connectivity index (χ3n) is 5.83. The van der Waals surface area contributed by atoms with Gasteiger partial charge in [-0.2, -0.15) is 0 Å². The number of rotatable bonds is 7. The first-order chi connectivity index (χ1) is 17.9. The van der Waals surface area contributed by atoms with Crippen LogP contribution in [-0.4, -0.2) is 27.4 Å². The molecule has 186 valence electrons. The van der Waals surface area contributed by atoms with Crippen molar-refractivity contribution in [2.45, 2.75) is 13.1 Å². The number of halogens is 2. The van der Waals surface area contributed by atoms with Crippen molar-refractivity contribution in [3.63, 3.8) is 0 Å². The largest absolute Gasteiger partial charge is 0.352 e. The van der Waals surface area contributed by atoms with E-state index in [1.165, 1.54) is 0 Å². The van der Waals surface area contributed by atoms with Gasteiger partial charge in [-0.1, -0.05) is 59.6 Å². The van der Waals surface area contributed by atoms with Gasteiger partial charge < -0.3 is 19.9 Å². The molecule has 0 aliphatic heterocycles. The molecule has 2 N–H and O–H groups in total. The second-order valence-electron chi connectivity index (χ2n) is 8.61. The summed E-state index contributed by atoms with van der Waals surface area (Å²) in [6.45, 7) is 1.04. The molecule has 5 aromatic rings. The summed E-state index contributed by atoms with van der Waals surface area (Å²) in [5.41, 5.74) is 5.12. The molecule has 3 aromatic carbocycles. The maximum Gasteiger partial charge on any atom is 0.319 e. The molecule has 9 heteroatoms. The first-order valence-corrected chi connectivity index (χ1v) is 12.4. The third-order valence-corrected chi connectivity index (χ3v) is 6.34. The summed E-state index contributed by atoms with van der Waals surface area (Å²) < 4.78 is 1.95. The number of benzene rings is 3. The van der Waals surface area contributed by atoms with Gasteiger partial charge in [0.2, 0.25) is 0 Å². The van der Waals surface area contributed by atoms with E-state index in [9.17, 15) is 4.79 Å². The predicted molar refractivity (Wildman–Crippen MR) is 149 cm³/mol. The number of hydrogen-bond donors (Lipinski definition) is 2. The number of carbonyl (C=O) groups is 1. The predicted octanol–water partition coefficient (Wildman–Crippen LogP) is 6.66. The second-order valence-corrected chi connectivity index (χ2v) is 9.48. The fourth-order valence-electron chi connectivity index (χ4n) is 3.96. The molecule has 0 bridgehead atoms. The summed E-state index contributed by atoms with van der Waals surface area (Å²) in [6, 6.07) is 22.4. The number of amides is 2. The summed E-state index contributed by atoms with van der Waals surface area (Å²) in [6.07, 6.45) is 5.58. The molecule has 0 aliphatic rings. The van der Waals surface area contributed by atoms with Gasteiger partial charge in [-0.15, -0.1) is 0 Å². The average molecular weight is 531 g/mol. The number of imidazole rings is 1. The first-order valence-electron chi connectivity index (χ1n) is 11.6. The Kier molecular flexibility index (Phi) is 7.25. The summed E-state index contributed by atoms with van der Waals surface area (Å²) in [5, 5.41) is 7.12. The topological polar surface area (TPSA) is 74.6 Å². The zero-order valence-corrected chi connectivity index (χ0v) is 21.5. The van der Waals surface area contributed by atoms with E-state index >= 15 is 0 Å². The lowest BCUT2D eigenvalue weighted by atomic mass is 10.1. The fraction of sp³-hybridized carbons (Fsp3) is 0.107. The highest BCUT2D eigenvalue weighted by atomic mass is 35.5. The number of fused-ring (bicyclic) bond motifs is 1. The van der Waals surface area contributed by atoms with Gasteiger partial charge in [0.1, 0.15) is 0 Å².